The summed E-state index contributed by atoms with van der Waals surface area (Å²) in [5, 5.41) is 12.0. The van der Waals surface area contributed by atoms with E-state index in [1.165, 1.54) is 5.75 Å². The lowest BCUT2D eigenvalue weighted by Gasteiger charge is -2.05. The van der Waals surface area contributed by atoms with E-state index < -0.39 is 0 Å². The molecule has 0 aromatic carbocycles. The number of hydrogen-bond acceptors (Lipinski definition) is 3. The van der Waals surface area contributed by atoms with Crippen LogP contribution in [0.2, 0.25) is 0 Å². The molecule has 0 aliphatic rings. The second kappa shape index (κ2) is 7.38. The summed E-state index contributed by atoms with van der Waals surface area (Å²) in [6, 6.07) is 0. The molecule has 0 saturated carbocycles. The van der Waals surface area contributed by atoms with Crippen LogP contribution in [0.25, 0.3) is 0 Å². The predicted octanol–water partition coefficient (Wildman–Crippen LogP) is 0.710. The van der Waals surface area contributed by atoms with Crippen LogP contribution in [0, 0.1) is 0 Å². The molecule has 0 aliphatic carbocycles. The van der Waals surface area contributed by atoms with Crippen LogP contribution in [-0.2, 0) is 0 Å². The Morgan fingerprint density at radius 1 is 1.60 bits per heavy atom. The van der Waals surface area contributed by atoms with Crippen molar-refractivity contribution in [2.75, 3.05) is 24.6 Å². The van der Waals surface area contributed by atoms with Gasteiger partial charge in [0.15, 0.2) is 0 Å². The maximum atomic E-state index is 8.84. The molecule has 0 aliphatic heterocycles. The summed E-state index contributed by atoms with van der Waals surface area (Å²) in [5.74, 6) is 2.32. The minimum Gasteiger partial charge on any atom is -0.392 e. The Bertz CT molecular complexity index is 68.6. The fourth-order valence-electron chi connectivity index (χ4n) is 0.600. The van der Waals surface area contributed by atoms with Gasteiger partial charge in [-0.3, -0.25) is 0 Å². The monoisotopic (exact) mass is 163 g/mol. The number of rotatable bonds is 6. The third-order valence-electron chi connectivity index (χ3n) is 1.07. The molecule has 2 nitrogen and oxygen atoms in total. The first kappa shape index (κ1) is 10.3. The number of nitrogens with one attached hydrogen (secondary N) is 1. The Morgan fingerprint density at radius 2 is 2.30 bits per heavy atom. The molecule has 2 N–H and O–H groups in total. The smallest absolute Gasteiger partial charge is 0.0636 e. The van der Waals surface area contributed by atoms with Gasteiger partial charge in [0.1, 0.15) is 0 Å². The van der Waals surface area contributed by atoms with Crippen LogP contribution in [-0.4, -0.2) is 35.8 Å². The fourth-order valence-corrected chi connectivity index (χ4v) is 1.18. The molecule has 0 radical (unpaired) electrons. The Morgan fingerprint density at radius 3 is 2.80 bits per heavy atom. The summed E-state index contributed by atoms with van der Waals surface area (Å²) in [6.45, 7) is 5.66. The second-order valence-electron chi connectivity index (χ2n) is 2.25. The van der Waals surface area contributed by atoms with E-state index in [1.54, 1.807) is 6.92 Å². The molecule has 0 fully saturated rings. The van der Waals surface area contributed by atoms with Gasteiger partial charge >= 0.3 is 0 Å². The Hall–Kier alpha value is 0.270. The van der Waals surface area contributed by atoms with Crippen molar-refractivity contribution in [3.8, 4) is 0 Å². The molecule has 0 rings (SSSR count). The van der Waals surface area contributed by atoms with Gasteiger partial charge in [0.25, 0.3) is 0 Å². The zero-order valence-corrected chi connectivity index (χ0v) is 7.58. The van der Waals surface area contributed by atoms with Gasteiger partial charge in [-0.1, -0.05) is 6.92 Å². The van der Waals surface area contributed by atoms with Crippen LogP contribution in [0.5, 0.6) is 0 Å². The fraction of sp³-hybridized carbons (Fsp3) is 1.00. The molecule has 1 unspecified atom stereocenters. The normalized spacial score (nSPS) is 13.5. The van der Waals surface area contributed by atoms with Gasteiger partial charge in [-0.05, 0) is 12.7 Å². The SMILES string of the molecule is CCSCCNCC(C)O. The van der Waals surface area contributed by atoms with Gasteiger partial charge in [-0.25, -0.2) is 0 Å². The zero-order chi connectivity index (χ0) is 7.82. The van der Waals surface area contributed by atoms with Crippen molar-refractivity contribution in [2.45, 2.75) is 20.0 Å². The van der Waals surface area contributed by atoms with Gasteiger partial charge in [0.05, 0.1) is 6.10 Å². The highest BCUT2D eigenvalue weighted by molar-refractivity contribution is 7.99. The van der Waals surface area contributed by atoms with Gasteiger partial charge in [-0.15, -0.1) is 0 Å². The van der Waals surface area contributed by atoms with Crippen molar-refractivity contribution in [1.82, 2.24) is 5.32 Å². The average Bonchev–Trinajstić information content (AvgIpc) is 1.87. The standard InChI is InChI=1S/C7H17NOS/c1-3-10-5-4-8-6-7(2)9/h7-9H,3-6H2,1-2H3. The zero-order valence-electron chi connectivity index (χ0n) is 6.76. The van der Waals surface area contributed by atoms with Gasteiger partial charge in [0, 0.05) is 18.8 Å². The molecule has 0 aromatic heterocycles. The number of aliphatic hydroxyl groups is 1. The first-order valence-corrected chi connectivity index (χ1v) is 4.89. The quantitative estimate of drug-likeness (QED) is 0.566. The molecule has 0 bridgehead atoms. The van der Waals surface area contributed by atoms with Crippen LogP contribution in [0.3, 0.4) is 0 Å². The lowest BCUT2D eigenvalue weighted by atomic mass is 10.4. The summed E-state index contributed by atoms with van der Waals surface area (Å²) >= 11 is 1.92. The van der Waals surface area contributed by atoms with Crippen molar-refractivity contribution in [2.24, 2.45) is 0 Å². The molecule has 0 saturated heterocycles. The number of aliphatic hydroxyl groups excluding tert-OH is 1. The summed E-state index contributed by atoms with van der Waals surface area (Å²) in [5.41, 5.74) is 0. The summed E-state index contributed by atoms with van der Waals surface area (Å²) in [6.07, 6.45) is -0.216. The molecule has 0 spiro atoms. The van der Waals surface area contributed by atoms with E-state index >= 15 is 0 Å². The maximum Gasteiger partial charge on any atom is 0.0636 e. The molecule has 10 heavy (non-hydrogen) atoms. The lowest BCUT2D eigenvalue weighted by Crippen LogP contribution is -2.26. The van der Waals surface area contributed by atoms with E-state index in [4.69, 9.17) is 5.11 Å². The Labute approximate surface area is 67.4 Å². The minimum absolute atomic E-state index is 0.216. The van der Waals surface area contributed by atoms with E-state index in [1.807, 2.05) is 11.8 Å². The summed E-state index contributed by atoms with van der Waals surface area (Å²) in [4.78, 5) is 0. The Balaban J connectivity index is 2.77. The first-order chi connectivity index (χ1) is 4.77. The molecule has 1 atom stereocenters. The topological polar surface area (TPSA) is 32.3 Å². The lowest BCUT2D eigenvalue weighted by molar-refractivity contribution is 0.192. The summed E-state index contributed by atoms with van der Waals surface area (Å²) < 4.78 is 0. The molecular weight excluding hydrogens is 146 g/mol. The van der Waals surface area contributed by atoms with E-state index in [2.05, 4.69) is 12.2 Å². The Kier molecular flexibility index (Phi) is 7.58. The minimum atomic E-state index is -0.216. The molecule has 0 aromatic rings. The van der Waals surface area contributed by atoms with Crippen molar-refractivity contribution < 1.29 is 5.11 Å². The van der Waals surface area contributed by atoms with Gasteiger partial charge in [0.2, 0.25) is 0 Å². The van der Waals surface area contributed by atoms with E-state index in [0.717, 1.165) is 12.3 Å². The molecule has 62 valence electrons. The average molecular weight is 163 g/mol. The van der Waals surface area contributed by atoms with Crippen LogP contribution < -0.4 is 5.32 Å². The highest BCUT2D eigenvalue weighted by Crippen LogP contribution is 1.94. The largest absolute Gasteiger partial charge is 0.392 e. The maximum absolute atomic E-state index is 8.84. The molecule has 3 heteroatoms. The van der Waals surface area contributed by atoms with Crippen molar-refractivity contribution in [3.63, 3.8) is 0 Å². The third-order valence-corrected chi connectivity index (χ3v) is 1.97. The second-order valence-corrected chi connectivity index (χ2v) is 3.64. The van der Waals surface area contributed by atoms with Crippen LogP contribution in [0.15, 0.2) is 0 Å². The van der Waals surface area contributed by atoms with Crippen molar-refractivity contribution >= 4 is 11.8 Å². The van der Waals surface area contributed by atoms with E-state index in [-0.39, 0.29) is 6.10 Å². The highest BCUT2D eigenvalue weighted by atomic mass is 32.2. The molecule has 0 amide bonds. The van der Waals surface area contributed by atoms with Gasteiger partial charge in [-0.2, -0.15) is 11.8 Å². The molecule has 0 heterocycles. The van der Waals surface area contributed by atoms with Crippen LogP contribution in [0.1, 0.15) is 13.8 Å². The van der Waals surface area contributed by atoms with E-state index in [9.17, 15) is 0 Å². The highest BCUT2D eigenvalue weighted by Gasteiger charge is 1.92. The first-order valence-electron chi connectivity index (χ1n) is 3.74. The van der Waals surface area contributed by atoms with E-state index in [0.29, 0.717) is 6.54 Å². The van der Waals surface area contributed by atoms with Crippen molar-refractivity contribution in [1.29, 1.82) is 0 Å². The van der Waals surface area contributed by atoms with Crippen LogP contribution in [0.4, 0.5) is 0 Å². The number of thioether (sulfide) groups is 1. The predicted molar refractivity (Wildman–Crippen MR) is 47.5 cm³/mol. The van der Waals surface area contributed by atoms with Gasteiger partial charge < -0.3 is 10.4 Å². The summed E-state index contributed by atoms with van der Waals surface area (Å²) in [7, 11) is 0. The number of hydrogen-bond donors (Lipinski definition) is 2. The van der Waals surface area contributed by atoms with Crippen LogP contribution >= 0.6 is 11.8 Å². The van der Waals surface area contributed by atoms with Crippen molar-refractivity contribution in [3.05, 3.63) is 0 Å². The molecular formula is C7H17NOS. The third kappa shape index (κ3) is 8.27.